The standard InChI is InChI=1S/C14H23NO5S/c1-10-7-13(20-4)8-11(2)14(10)21(17,18)15-6-5-12(16)9-19-3/h7-8,12,15-16H,5-6,9H2,1-4H3. The Morgan fingerprint density at radius 3 is 2.29 bits per heavy atom. The predicted molar refractivity (Wildman–Crippen MR) is 80.2 cm³/mol. The van der Waals surface area contributed by atoms with Crippen molar-refractivity contribution in [1.82, 2.24) is 4.72 Å². The lowest BCUT2D eigenvalue weighted by Gasteiger charge is -2.14. The Labute approximate surface area is 126 Å². The number of hydrogen-bond donors (Lipinski definition) is 2. The number of nitrogens with one attached hydrogen (secondary N) is 1. The van der Waals surface area contributed by atoms with E-state index in [0.717, 1.165) is 0 Å². The van der Waals surface area contributed by atoms with Gasteiger partial charge in [-0.15, -0.1) is 0 Å². The highest BCUT2D eigenvalue weighted by Crippen LogP contribution is 2.25. The average Bonchev–Trinajstić information content (AvgIpc) is 2.37. The second-order valence-corrected chi connectivity index (χ2v) is 6.59. The number of aliphatic hydroxyl groups excluding tert-OH is 1. The first-order valence-corrected chi connectivity index (χ1v) is 8.12. The highest BCUT2D eigenvalue weighted by atomic mass is 32.2. The summed E-state index contributed by atoms with van der Waals surface area (Å²) in [6.07, 6.45) is -0.392. The number of aliphatic hydroxyl groups is 1. The van der Waals surface area contributed by atoms with Crippen LogP contribution in [0, 0.1) is 13.8 Å². The quantitative estimate of drug-likeness (QED) is 0.747. The Morgan fingerprint density at radius 1 is 1.24 bits per heavy atom. The van der Waals surface area contributed by atoms with Crippen LogP contribution in [0.4, 0.5) is 0 Å². The van der Waals surface area contributed by atoms with E-state index in [2.05, 4.69) is 4.72 Å². The summed E-state index contributed by atoms with van der Waals surface area (Å²) in [5.74, 6) is 0.625. The maximum absolute atomic E-state index is 12.3. The third kappa shape index (κ3) is 4.96. The lowest BCUT2D eigenvalue weighted by atomic mass is 10.1. The van der Waals surface area contributed by atoms with E-state index in [1.54, 1.807) is 26.0 Å². The van der Waals surface area contributed by atoms with Crippen LogP contribution in [0.1, 0.15) is 17.5 Å². The first-order chi connectivity index (χ1) is 9.81. The topological polar surface area (TPSA) is 84.9 Å². The number of methoxy groups -OCH3 is 2. The zero-order valence-corrected chi connectivity index (χ0v) is 13.7. The van der Waals surface area contributed by atoms with E-state index >= 15 is 0 Å². The van der Waals surface area contributed by atoms with Crippen LogP contribution >= 0.6 is 0 Å². The zero-order valence-electron chi connectivity index (χ0n) is 12.8. The summed E-state index contributed by atoms with van der Waals surface area (Å²) < 4.78 is 37.1. The van der Waals surface area contributed by atoms with Crippen molar-refractivity contribution < 1.29 is 23.0 Å². The lowest BCUT2D eigenvalue weighted by molar-refractivity contribution is 0.0603. The van der Waals surface area contributed by atoms with Crippen LogP contribution in [0.25, 0.3) is 0 Å². The van der Waals surface area contributed by atoms with E-state index in [1.165, 1.54) is 14.2 Å². The number of rotatable bonds is 8. The Bertz CT molecular complexity index is 548. The van der Waals surface area contributed by atoms with Crippen molar-refractivity contribution in [1.29, 1.82) is 0 Å². The van der Waals surface area contributed by atoms with E-state index in [1.807, 2.05) is 0 Å². The Balaban J connectivity index is 2.84. The molecule has 1 atom stereocenters. The van der Waals surface area contributed by atoms with Crippen molar-refractivity contribution in [2.45, 2.75) is 31.3 Å². The summed E-state index contributed by atoms with van der Waals surface area (Å²) in [7, 11) is -0.592. The molecule has 0 saturated heterocycles. The maximum Gasteiger partial charge on any atom is 0.241 e. The molecule has 0 aliphatic carbocycles. The summed E-state index contributed by atoms with van der Waals surface area (Å²) in [4.78, 5) is 0.254. The van der Waals surface area contributed by atoms with Gasteiger partial charge in [0.05, 0.1) is 24.7 Å². The van der Waals surface area contributed by atoms with Crippen LogP contribution in [-0.2, 0) is 14.8 Å². The molecule has 1 unspecified atom stereocenters. The molecule has 1 aromatic carbocycles. The van der Waals surface area contributed by atoms with Gasteiger partial charge in [0.15, 0.2) is 0 Å². The summed E-state index contributed by atoms with van der Waals surface area (Å²) in [5.41, 5.74) is 1.24. The second-order valence-electron chi connectivity index (χ2n) is 4.89. The molecule has 21 heavy (non-hydrogen) atoms. The second kappa shape index (κ2) is 7.74. The van der Waals surface area contributed by atoms with Crippen molar-refractivity contribution in [3.63, 3.8) is 0 Å². The Hall–Kier alpha value is -1.15. The van der Waals surface area contributed by atoms with Crippen LogP contribution in [0.15, 0.2) is 17.0 Å². The molecule has 0 fully saturated rings. The van der Waals surface area contributed by atoms with Crippen molar-refractivity contribution in [3.05, 3.63) is 23.3 Å². The number of hydrogen-bond acceptors (Lipinski definition) is 5. The summed E-state index contributed by atoms with van der Waals surface area (Å²) in [5, 5.41) is 9.52. The van der Waals surface area contributed by atoms with Crippen LogP contribution in [0.2, 0.25) is 0 Å². The predicted octanol–water partition coefficient (Wildman–Crippen LogP) is 0.988. The van der Waals surface area contributed by atoms with Gasteiger partial charge in [-0.1, -0.05) is 0 Å². The lowest BCUT2D eigenvalue weighted by Crippen LogP contribution is -2.29. The molecule has 0 radical (unpaired) electrons. The molecule has 6 nitrogen and oxygen atoms in total. The highest BCUT2D eigenvalue weighted by molar-refractivity contribution is 7.89. The normalized spacial score (nSPS) is 13.2. The number of aryl methyl sites for hydroxylation is 2. The molecular weight excluding hydrogens is 294 g/mol. The van der Waals surface area contributed by atoms with E-state index in [9.17, 15) is 13.5 Å². The average molecular weight is 317 g/mol. The molecule has 0 aliphatic heterocycles. The van der Waals surface area contributed by atoms with Crippen LogP contribution in [0.3, 0.4) is 0 Å². The van der Waals surface area contributed by atoms with E-state index in [4.69, 9.17) is 9.47 Å². The summed E-state index contributed by atoms with van der Waals surface area (Å²) >= 11 is 0. The van der Waals surface area contributed by atoms with Gasteiger partial charge in [0.2, 0.25) is 10.0 Å². The third-order valence-electron chi connectivity index (χ3n) is 3.07. The number of benzene rings is 1. The molecule has 0 spiro atoms. The van der Waals surface area contributed by atoms with Crippen LogP contribution in [-0.4, -0.2) is 47.0 Å². The van der Waals surface area contributed by atoms with Crippen molar-refractivity contribution >= 4 is 10.0 Å². The minimum Gasteiger partial charge on any atom is -0.497 e. The summed E-state index contributed by atoms with van der Waals surface area (Å²) in [6, 6.07) is 3.36. The molecular formula is C14H23NO5S. The van der Waals surface area contributed by atoms with Gasteiger partial charge in [0.25, 0.3) is 0 Å². The van der Waals surface area contributed by atoms with Crippen LogP contribution in [0.5, 0.6) is 5.75 Å². The molecule has 0 aromatic heterocycles. The first kappa shape index (κ1) is 17.9. The minimum absolute atomic E-state index is 0.151. The highest BCUT2D eigenvalue weighted by Gasteiger charge is 2.20. The largest absolute Gasteiger partial charge is 0.497 e. The molecule has 0 aliphatic rings. The third-order valence-corrected chi connectivity index (χ3v) is 4.83. The van der Waals surface area contributed by atoms with Gasteiger partial charge >= 0.3 is 0 Å². The molecule has 0 saturated carbocycles. The number of sulfonamides is 1. The fraction of sp³-hybridized carbons (Fsp3) is 0.571. The van der Waals surface area contributed by atoms with Gasteiger partial charge in [-0.05, 0) is 43.5 Å². The van der Waals surface area contributed by atoms with Gasteiger partial charge in [0.1, 0.15) is 5.75 Å². The van der Waals surface area contributed by atoms with Gasteiger partial charge < -0.3 is 14.6 Å². The van der Waals surface area contributed by atoms with Gasteiger partial charge in [0, 0.05) is 13.7 Å². The Kier molecular flexibility index (Phi) is 6.60. The van der Waals surface area contributed by atoms with Crippen molar-refractivity contribution in [2.75, 3.05) is 27.4 Å². The van der Waals surface area contributed by atoms with Gasteiger partial charge in [-0.3, -0.25) is 0 Å². The molecule has 1 aromatic rings. The van der Waals surface area contributed by atoms with Crippen molar-refractivity contribution in [3.8, 4) is 5.75 Å². The van der Waals surface area contributed by atoms with E-state index < -0.39 is 16.1 Å². The van der Waals surface area contributed by atoms with Gasteiger partial charge in [-0.2, -0.15) is 0 Å². The minimum atomic E-state index is -3.61. The smallest absolute Gasteiger partial charge is 0.241 e. The first-order valence-electron chi connectivity index (χ1n) is 6.63. The fourth-order valence-electron chi connectivity index (χ4n) is 2.16. The molecule has 1 rings (SSSR count). The monoisotopic (exact) mass is 317 g/mol. The molecule has 0 heterocycles. The zero-order chi connectivity index (χ0) is 16.0. The SMILES string of the molecule is COCC(O)CCNS(=O)(=O)c1c(C)cc(OC)cc1C. The summed E-state index contributed by atoms with van der Waals surface area (Å²) in [6.45, 7) is 3.79. The maximum atomic E-state index is 12.3. The van der Waals surface area contributed by atoms with E-state index in [0.29, 0.717) is 23.3 Å². The van der Waals surface area contributed by atoms with Crippen LogP contribution < -0.4 is 9.46 Å². The van der Waals surface area contributed by atoms with E-state index in [-0.39, 0.29) is 18.0 Å². The molecule has 0 bridgehead atoms. The molecule has 7 heteroatoms. The fourth-order valence-corrected chi connectivity index (χ4v) is 3.66. The molecule has 0 amide bonds. The molecule has 2 N–H and O–H groups in total. The molecule has 120 valence electrons. The van der Waals surface area contributed by atoms with Gasteiger partial charge in [-0.25, -0.2) is 13.1 Å². The number of ether oxygens (including phenoxy) is 2. The van der Waals surface area contributed by atoms with Crippen molar-refractivity contribution in [2.24, 2.45) is 0 Å². The Morgan fingerprint density at radius 2 is 1.81 bits per heavy atom.